The Morgan fingerprint density at radius 1 is 1.38 bits per heavy atom. The highest BCUT2D eigenvalue weighted by molar-refractivity contribution is 6.17. The fraction of sp³-hybridized carbons (Fsp3) is 1.00. The maximum atomic E-state index is 11.7. The van der Waals surface area contributed by atoms with Crippen LogP contribution < -0.4 is 5.32 Å². The first-order valence-corrected chi connectivity index (χ1v) is 5.94. The first-order chi connectivity index (χ1) is 7.49. The van der Waals surface area contributed by atoms with Crippen molar-refractivity contribution >= 4 is 11.6 Å². The molecule has 0 radical (unpaired) electrons. The van der Waals surface area contributed by atoms with Gasteiger partial charge in [-0.05, 0) is 18.9 Å². The van der Waals surface area contributed by atoms with E-state index in [9.17, 15) is 13.2 Å². The van der Waals surface area contributed by atoms with Gasteiger partial charge in [-0.2, -0.15) is 13.2 Å². The van der Waals surface area contributed by atoms with Gasteiger partial charge in [0.05, 0.1) is 6.61 Å². The highest BCUT2D eigenvalue weighted by Gasteiger charge is 2.27. The molecule has 2 nitrogen and oxygen atoms in total. The summed E-state index contributed by atoms with van der Waals surface area (Å²) in [6.45, 7) is 2.19. The third kappa shape index (κ3) is 10.5. The predicted molar refractivity (Wildman–Crippen MR) is 58.9 cm³/mol. The zero-order valence-corrected chi connectivity index (χ0v) is 10.2. The van der Waals surface area contributed by atoms with E-state index in [1.807, 2.05) is 0 Å². The molecule has 0 fully saturated rings. The number of halogens is 4. The van der Waals surface area contributed by atoms with Crippen LogP contribution in [0.25, 0.3) is 0 Å². The lowest BCUT2D eigenvalue weighted by Gasteiger charge is -2.14. The Labute approximate surface area is 99.5 Å². The Hall–Kier alpha value is -0.0000000000000000555. The van der Waals surface area contributed by atoms with E-state index < -0.39 is 12.8 Å². The Balaban J connectivity index is 3.32. The second kappa shape index (κ2) is 9.07. The van der Waals surface area contributed by atoms with Crippen molar-refractivity contribution in [1.82, 2.24) is 5.32 Å². The molecule has 0 rings (SSSR count). The molecule has 0 saturated heterocycles. The molecule has 0 bridgehead atoms. The van der Waals surface area contributed by atoms with Crippen LogP contribution in [0.5, 0.6) is 0 Å². The number of hydrogen-bond acceptors (Lipinski definition) is 2. The summed E-state index contributed by atoms with van der Waals surface area (Å²) in [4.78, 5) is 0. The molecule has 1 N–H and O–H groups in total. The van der Waals surface area contributed by atoms with Gasteiger partial charge in [-0.25, -0.2) is 0 Å². The molecule has 1 atom stereocenters. The van der Waals surface area contributed by atoms with Crippen LogP contribution in [0.15, 0.2) is 0 Å². The molecular formula is C10H19ClF3NO. The number of rotatable bonds is 9. The van der Waals surface area contributed by atoms with Crippen LogP contribution >= 0.6 is 11.6 Å². The molecule has 0 spiro atoms. The fourth-order valence-corrected chi connectivity index (χ4v) is 1.55. The highest BCUT2D eigenvalue weighted by Crippen LogP contribution is 2.14. The predicted octanol–water partition coefficient (Wildman–Crippen LogP) is 2.81. The number of alkyl halides is 4. The van der Waals surface area contributed by atoms with Crippen molar-refractivity contribution in [2.24, 2.45) is 5.92 Å². The average Bonchev–Trinajstić information content (AvgIpc) is 2.20. The minimum atomic E-state index is -4.23. The molecular weight excluding hydrogens is 243 g/mol. The van der Waals surface area contributed by atoms with E-state index in [1.165, 1.54) is 0 Å². The normalized spacial score (nSPS) is 14.1. The molecule has 0 aromatic carbocycles. The maximum absolute atomic E-state index is 11.7. The summed E-state index contributed by atoms with van der Waals surface area (Å²) in [7, 11) is 0. The third-order valence-corrected chi connectivity index (χ3v) is 2.43. The van der Waals surface area contributed by atoms with E-state index in [1.54, 1.807) is 0 Å². The van der Waals surface area contributed by atoms with Crippen LogP contribution in [-0.2, 0) is 4.74 Å². The van der Waals surface area contributed by atoms with Gasteiger partial charge in [-0.3, -0.25) is 0 Å². The monoisotopic (exact) mass is 261 g/mol. The lowest BCUT2D eigenvalue weighted by Crippen LogP contribution is -2.28. The number of hydrogen-bond donors (Lipinski definition) is 1. The van der Waals surface area contributed by atoms with Crippen molar-refractivity contribution in [1.29, 1.82) is 0 Å². The summed E-state index contributed by atoms with van der Waals surface area (Å²) in [6, 6.07) is 0. The molecule has 0 aliphatic heterocycles. The molecule has 0 amide bonds. The molecule has 16 heavy (non-hydrogen) atoms. The van der Waals surface area contributed by atoms with Gasteiger partial charge >= 0.3 is 6.18 Å². The van der Waals surface area contributed by atoms with E-state index >= 15 is 0 Å². The molecule has 1 unspecified atom stereocenters. The van der Waals surface area contributed by atoms with Gasteiger partial charge < -0.3 is 10.1 Å². The van der Waals surface area contributed by atoms with Crippen molar-refractivity contribution in [3.8, 4) is 0 Å². The van der Waals surface area contributed by atoms with Crippen LogP contribution in [0.3, 0.4) is 0 Å². The maximum Gasteiger partial charge on any atom is 0.411 e. The molecule has 0 aliphatic rings. The van der Waals surface area contributed by atoms with Gasteiger partial charge in [0.25, 0.3) is 0 Å². The van der Waals surface area contributed by atoms with Crippen LogP contribution in [0.2, 0.25) is 0 Å². The minimum absolute atomic E-state index is 0.0802. The van der Waals surface area contributed by atoms with Crippen LogP contribution in [0, 0.1) is 5.92 Å². The van der Waals surface area contributed by atoms with Crippen molar-refractivity contribution < 1.29 is 17.9 Å². The highest BCUT2D eigenvalue weighted by atomic mass is 35.5. The largest absolute Gasteiger partial charge is 0.411 e. The van der Waals surface area contributed by atoms with Gasteiger partial charge in [0.2, 0.25) is 0 Å². The molecule has 98 valence electrons. The minimum Gasteiger partial charge on any atom is -0.371 e. The SMILES string of the molecule is CCC(CCCl)CNCCOCC(F)(F)F. The number of ether oxygens (including phenoxy) is 1. The summed E-state index contributed by atoms with van der Waals surface area (Å²) in [5, 5.41) is 3.06. The second-order valence-electron chi connectivity index (χ2n) is 3.62. The summed E-state index contributed by atoms with van der Waals surface area (Å²) in [5.74, 6) is 1.10. The first kappa shape index (κ1) is 16.0. The third-order valence-electron chi connectivity index (χ3n) is 2.22. The van der Waals surface area contributed by atoms with Crippen LogP contribution in [0.1, 0.15) is 19.8 Å². The van der Waals surface area contributed by atoms with Crippen molar-refractivity contribution in [2.45, 2.75) is 25.9 Å². The zero-order valence-electron chi connectivity index (χ0n) is 9.45. The van der Waals surface area contributed by atoms with Gasteiger partial charge in [-0.15, -0.1) is 11.6 Å². The second-order valence-corrected chi connectivity index (χ2v) is 4.00. The van der Waals surface area contributed by atoms with Crippen molar-refractivity contribution in [3.63, 3.8) is 0 Å². The van der Waals surface area contributed by atoms with E-state index in [0.29, 0.717) is 18.3 Å². The van der Waals surface area contributed by atoms with E-state index in [2.05, 4.69) is 17.0 Å². The quantitative estimate of drug-likeness (QED) is 0.509. The van der Waals surface area contributed by atoms with Gasteiger partial charge in [0.15, 0.2) is 0 Å². The molecule has 6 heteroatoms. The fourth-order valence-electron chi connectivity index (χ4n) is 1.24. The molecule has 0 saturated carbocycles. The smallest absolute Gasteiger partial charge is 0.371 e. The summed E-state index contributed by atoms with van der Waals surface area (Å²) >= 11 is 5.61. The lowest BCUT2D eigenvalue weighted by atomic mass is 10.0. The lowest BCUT2D eigenvalue weighted by molar-refractivity contribution is -0.173. The Morgan fingerprint density at radius 2 is 2.06 bits per heavy atom. The molecule has 0 heterocycles. The van der Waals surface area contributed by atoms with E-state index in [4.69, 9.17) is 11.6 Å². The summed E-state index contributed by atoms with van der Waals surface area (Å²) in [6.07, 6.45) is -2.29. The van der Waals surface area contributed by atoms with Gasteiger partial charge in [0.1, 0.15) is 6.61 Å². The number of nitrogens with one attached hydrogen (secondary N) is 1. The average molecular weight is 262 g/mol. The Morgan fingerprint density at radius 3 is 2.56 bits per heavy atom. The Kier molecular flexibility index (Phi) is 9.07. The van der Waals surface area contributed by atoms with Gasteiger partial charge in [0, 0.05) is 12.4 Å². The van der Waals surface area contributed by atoms with Crippen molar-refractivity contribution in [3.05, 3.63) is 0 Å². The van der Waals surface area contributed by atoms with E-state index in [-0.39, 0.29) is 6.61 Å². The standard InChI is InChI=1S/C10H19ClF3NO/c1-2-9(3-4-11)7-15-5-6-16-8-10(12,13)14/h9,15H,2-8H2,1H3. The van der Waals surface area contributed by atoms with E-state index in [0.717, 1.165) is 19.4 Å². The first-order valence-electron chi connectivity index (χ1n) is 5.40. The van der Waals surface area contributed by atoms with Crippen LogP contribution in [-0.4, -0.2) is 38.4 Å². The molecule has 0 aromatic heterocycles. The zero-order chi connectivity index (χ0) is 12.4. The van der Waals surface area contributed by atoms with Gasteiger partial charge in [-0.1, -0.05) is 13.3 Å². The Bertz CT molecular complexity index is 167. The summed E-state index contributed by atoms with van der Waals surface area (Å²) < 4.78 is 39.5. The van der Waals surface area contributed by atoms with Crippen LogP contribution in [0.4, 0.5) is 13.2 Å². The topological polar surface area (TPSA) is 21.3 Å². The summed E-state index contributed by atoms with van der Waals surface area (Å²) in [5.41, 5.74) is 0. The van der Waals surface area contributed by atoms with Crippen molar-refractivity contribution in [2.75, 3.05) is 32.2 Å². The molecule has 0 aromatic rings. The molecule has 0 aliphatic carbocycles.